The summed E-state index contributed by atoms with van der Waals surface area (Å²) in [5.41, 5.74) is 2.23. The molecule has 1 atom stereocenters. The third-order valence-corrected chi connectivity index (χ3v) is 7.73. The molecule has 182 valence electrons. The highest BCUT2D eigenvalue weighted by atomic mass is 32.2. The molecule has 0 saturated heterocycles. The Balaban J connectivity index is 1.30. The third kappa shape index (κ3) is 8.81. The van der Waals surface area contributed by atoms with E-state index in [1.807, 2.05) is 6.07 Å². The largest absolute Gasteiger partial charge is 0.504 e. The first-order chi connectivity index (χ1) is 16.2. The number of unbranched alkanes of at least 4 members (excludes halogenated alkanes) is 12. The fourth-order valence-corrected chi connectivity index (χ4v) is 5.53. The zero-order chi connectivity index (χ0) is 23.3. The molecule has 0 bridgehead atoms. The van der Waals surface area contributed by atoms with Gasteiger partial charge in [-0.05, 0) is 48.2 Å². The molecule has 33 heavy (non-hydrogen) atoms. The number of ether oxygens (including phenoxy) is 1. The van der Waals surface area contributed by atoms with Crippen molar-refractivity contribution < 1.29 is 14.9 Å². The summed E-state index contributed by atoms with van der Waals surface area (Å²) < 4.78 is 6.26. The molecule has 1 unspecified atom stereocenters. The van der Waals surface area contributed by atoms with Crippen LogP contribution in [0, 0.1) is 0 Å². The molecule has 4 heteroatoms. The number of aromatic hydroxyl groups is 2. The quantitative estimate of drug-likeness (QED) is 0.201. The zero-order valence-electron chi connectivity index (χ0n) is 20.4. The van der Waals surface area contributed by atoms with E-state index in [9.17, 15) is 10.2 Å². The number of phenolic OH excluding ortho intramolecular Hbond substituents is 2. The smallest absolute Gasteiger partial charge is 0.157 e. The summed E-state index contributed by atoms with van der Waals surface area (Å²) in [5, 5.41) is 19.4. The van der Waals surface area contributed by atoms with Gasteiger partial charge in [0.25, 0.3) is 0 Å². The molecule has 0 aromatic heterocycles. The lowest BCUT2D eigenvalue weighted by Crippen LogP contribution is -2.14. The lowest BCUT2D eigenvalue weighted by atomic mass is 10.0. The van der Waals surface area contributed by atoms with Crippen molar-refractivity contribution in [3.05, 3.63) is 47.5 Å². The Kier molecular flexibility index (Phi) is 11.3. The maximum atomic E-state index is 9.81. The fraction of sp³-hybridized carbons (Fsp3) is 0.586. The minimum absolute atomic E-state index is 0.0944. The molecule has 2 aromatic carbocycles. The maximum absolute atomic E-state index is 9.81. The van der Waals surface area contributed by atoms with Crippen LogP contribution in [0.25, 0.3) is 0 Å². The normalized spacial score (nSPS) is 15.2. The highest BCUT2D eigenvalue weighted by molar-refractivity contribution is 7.99. The molecule has 2 N–H and O–H groups in total. The first-order valence-corrected chi connectivity index (χ1v) is 14.1. The van der Waals surface area contributed by atoms with Crippen LogP contribution in [0.4, 0.5) is 0 Å². The molecule has 3 rings (SSSR count). The van der Waals surface area contributed by atoms with E-state index >= 15 is 0 Å². The maximum Gasteiger partial charge on any atom is 0.157 e. The average molecular weight is 471 g/mol. The summed E-state index contributed by atoms with van der Waals surface area (Å²) in [7, 11) is 0. The van der Waals surface area contributed by atoms with Crippen molar-refractivity contribution >= 4 is 11.8 Å². The SMILES string of the molecule is CCCCCCCCCCCCCCCc1ccc2c(c1)OC(c1ccc(O)c(O)c1)CS2. The highest BCUT2D eigenvalue weighted by Crippen LogP contribution is 2.42. The van der Waals surface area contributed by atoms with Gasteiger partial charge in [-0.3, -0.25) is 0 Å². The molecule has 0 amide bonds. The van der Waals surface area contributed by atoms with E-state index in [0.29, 0.717) is 0 Å². The molecule has 0 saturated carbocycles. The second-order valence-corrected chi connectivity index (χ2v) is 10.5. The Morgan fingerprint density at radius 3 is 2.03 bits per heavy atom. The van der Waals surface area contributed by atoms with E-state index in [2.05, 4.69) is 25.1 Å². The van der Waals surface area contributed by atoms with Gasteiger partial charge in [0.1, 0.15) is 11.9 Å². The van der Waals surface area contributed by atoms with Crippen molar-refractivity contribution in [2.75, 3.05) is 5.75 Å². The molecule has 1 aliphatic rings. The number of aryl methyl sites for hydroxylation is 1. The molecule has 0 fully saturated rings. The van der Waals surface area contributed by atoms with Crippen molar-refractivity contribution in [3.63, 3.8) is 0 Å². The number of benzene rings is 2. The first-order valence-electron chi connectivity index (χ1n) is 13.1. The van der Waals surface area contributed by atoms with Crippen LogP contribution >= 0.6 is 11.8 Å². The Morgan fingerprint density at radius 2 is 1.39 bits per heavy atom. The standard InChI is InChI=1S/C29H42O3S/c1-2-3-4-5-6-7-8-9-10-11-12-13-14-15-23-16-19-29-27(20-23)32-28(22-33-29)24-17-18-25(30)26(31)21-24/h16-21,28,30-31H,2-15,22H2,1H3. The van der Waals surface area contributed by atoms with Gasteiger partial charge >= 0.3 is 0 Å². The van der Waals surface area contributed by atoms with Crippen molar-refractivity contribution in [1.82, 2.24) is 0 Å². The molecule has 0 radical (unpaired) electrons. The Hall–Kier alpha value is -1.81. The number of phenols is 2. The van der Waals surface area contributed by atoms with E-state index in [1.165, 1.54) is 100.0 Å². The number of hydrogen-bond acceptors (Lipinski definition) is 4. The summed E-state index contributed by atoms with van der Waals surface area (Å²) in [5.74, 6) is 1.55. The van der Waals surface area contributed by atoms with Crippen molar-refractivity contribution in [3.8, 4) is 17.2 Å². The van der Waals surface area contributed by atoms with Crippen LogP contribution in [0.1, 0.15) is 108 Å². The van der Waals surface area contributed by atoms with Gasteiger partial charge < -0.3 is 14.9 Å². The molecule has 0 spiro atoms. The van der Waals surface area contributed by atoms with E-state index in [0.717, 1.165) is 23.5 Å². The summed E-state index contributed by atoms with van der Waals surface area (Å²) in [6, 6.07) is 11.6. The van der Waals surface area contributed by atoms with Crippen LogP contribution in [-0.2, 0) is 6.42 Å². The van der Waals surface area contributed by atoms with Crippen molar-refractivity contribution in [2.24, 2.45) is 0 Å². The number of rotatable bonds is 15. The zero-order valence-corrected chi connectivity index (χ0v) is 21.2. The Bertz CT molecular complexity index is 836. The minimum atomic E-state index is -0.111. The van der Waals surface area contributed by atoms with Crippen LogP contribution < -0.4 is 4.74 Å². The van der Waals surface area contributed by atoms with Gasteiger partial charge in [0.2, 0.25) is 0 Å². The predicted molar refractivity (Wildman–Crippen MR) is 140 cm³/mol. The van der Waals surface area contributed by atoms with E-state index in [1.54, 1.807) is 17.8 Å². The Morgan fingerprint density at radius 1 is 0.758 bits per heavy atom. The van der Waals surface area contributed by atoms with Gasteiger partial charge in [0, 0.05) is 10.6 Å². The van der Waals surface area contributed by atoms with Gasteiger partial charge in [0.05, 0.1) is 0 Å². The molecule has 3 nitrogen and oxygen atoms in total. The van der Waals surface area contributed by atoms with Gasteiger partial charge in [-0.25, -0.2) is 0 Å². The summed E-state index contributed by atoms with van der Waals surface area (Å²) in [6.45, 7) is 2.28. The lowest BCUT2D eigenvalue weighted by Gasteiger charge is -2.26. The van der Waals surface area contributed by atoms with E-state index < -0.39 is 0 Å². The topological polar surface area (TPSA) is 49.7 Å². The van der Waals surface area contributed by atoms with Gasteiger partial charge in [-0.2, -0.15) is 0 Å². The van der Waals surface area contributed by atoms with Crippen LogP contribution in [0.3, 0.4) is 0 Å². The second kappa shape index (κ2) is 14.5. The predicted octanol–water partition coefficient (Wildman–Crippen LogP) is 8.96. The van der Waals surface area contributed by atoms with Crippen molar-refractivity contribution in [1.29, 1.82) is 0 Å². The Labute approximate surface area is 205 Å². The van der Waals surface area contributed by atoms with Crippen LogP contribution in [-0.4, -0.2) is 16.0 Å². The molecular formula is C29H42O3S. The number of fused-ring (bicyclic) bond motifs is 1. The van der Waals surface area contributed by atoms with E-state index in [4.69, 9.17) is 4.74 Å². The minimum Gasteiger partial charge on any atom is -0.504 e. The molecule has 1 heterocycles. The van der Waals surface area contributed by atoms with Crippen LogP contribution in [0.2, 0.25) is 0 Å². The molecule has 2 aromatic rings. The molecular weight excluding hydrogens is 428 g/mol. The van der Waals surface area contributed by atoms with Crippen LogP contribution in [0.15, 0.2) is 41.3 Å². The number of hydrogen-bond donors (Lipinski definition) is 2. The van der Waals surface area contributed by atoms with Gasteiger partial charge in [0.15, 0.2) is 11.5 Å². The first kappa shape index (κ1) is 25.8. The van der Waals surface area contributed by atoms with Crippen molar-refractivity contribution in [2.45, 2.75) is 108 Å². The van der Waals surface area contributed by atoms with Gasteiger partial charge in [-0.15, -0.1) is 11.8 Å². The van der Waals surface area contributed by atoms with E-state index in [-0.39, 0.29) is 17.6 Å². The summed E-state index contributed by atoms with van der Waals surface area (Å²) >= 11 is 1.79. The monoisotopic (exact) mass is 470 g/mol. The lowest BCUT2D eigenvalue weighted by molar-refractivity contribution is 0.219. The van der Waals surface area contributed by atoms with Gasteiger partial charge in [-0.1, -0.05) is 96.1 Å². The highest BCUT2D eigenvalue weighted by Gasteiger charge is 2.23. The second-order valence-electron chi connectivity index (χ2n) is 9.44. The summed E-state index contributed by atoms with van der Waals surface area (Å²) in [6.07, 6.45) is 18.9. The summed E-state index contributed by atoms with van der Waals surface area (Å²) in [4.78, 5) is 1.18. The molecule has 1 aliphatic heterocycles. The number of thioether (sulfide) groups is 1. The molecule has 0 aliphatic carbocycles. The third-order valence-electron chi connectivity index (χ3n) is 6.61. The fourth-order valence-electron chi connectivity index (χ4n) is 4.52. The van der Waals surface area contributed by atoms with Crippen LogP contribution in [0.5, 0.6) is 17.2 Å². The average Bonchev–Trinajstić information content (AvgIpc) is 2.83.